The lowest BCUT2D eigenvalue weighted by atomic mass is 10.2. The number of ether oxygens (including phenoxy) is 1. The Bertz CT molecular complexity index is 999. The summed E-state index contributed by atoms with van der Waals surface area (Å²) in [6, 6.07) is 23.0. The molecule has 0 saturated heterocycles. The standard InChI is InChI=1S/C23H20N2O2S/c1-2-14-27-20-10-8-19(9-11-20)25-23(26)18(16-24)15-21-12-13-22(28-21)17-6-4-3-5-7-17/h3-13,15H,2,14H2,1H3,(H,25,26)/b18-15+. The minimum Gasteiger partial charge on any atom is -0.494 e. The molecule has 1 amide bonds. The van der Waals surface area contributed by atoms with Gasteiger partial charge in [-0.1, -0.05) is 37.3 Å². The fourth-order valence-corrected chi connectivity index (χ4v) is 3.49. The fraction of sp³-hybridized carbons (Fsp3) is 0.130. The third-order valence-electron chi connectivity index (χ3n) is 3.92. The molecule has 140 valence electrons. The molecule has 0 aliphatic rings. The van der Waals surface area contributed by atoms with E-state index >= 15 is 0 Å². The van der Waals surface area contributed by atoms with Crippen molar-refractivity contribution in [3.05, 3.63) is 77.2 Å². The van der Waals surface area contributed by atoms with Crippen LogP contribution >= 0.6 is 11.3 Å². The molecule has 0 spiro atoms. The quantitative estimate of drug-likeness (QED) is 0.414. The number of hydrogen-bond acceptors (Lipinski definition) is 4. The summed E-state index contributed by atoms with van der Waals surface area (Å²) in [5.74, 6) is 0.322. The van der Waals surface area contributed by atoms with Crippen LogP contribution in [0.5, 0.6) is 5.75 Å². The molecule has 1 heterocycles. The number of nitriles is 1. The van der Waals surface area contributed by atoms with Gasteiger partial charge in [-0.2, -0.15) is 5.26 Å². The van der Waals surface area contributed by atoms with Gasteiger partial charge in [0.05, 0.1) is 6.61 Å². The molecule has 0 unspecified atom stereocenters. The Morgan fingerprint density at radius 3 is 2.54 bits per heavy atom. The topological polar surface area (TPSA) is 62.1 Å². The van der Waals surface area contributed by atoms with E-state index < -0.39 is 5.91 Å². The van der Waals surface area contributed by atoms with Gasteiger partial charge in [-0.25, -0.2) is 0 Å². The Morgan fingerprint density at radius 2 is 1.86 bits per heavy atom. The minimum absolute atomic E-state index is 0.0628. The summed E-state index contributed by atoms with van der Waals surface area (Å²) in [6.45, 7) is 2.69. The van der Waals surface area contributed by atoms with E-state index in [1.165, 1.54) is 11.3 Å². The van der Waals surface area contributed by atoms with Gasteiger partial charge in [-0.05, 0) is 54.5 Å². The Hall–Kier alpha value is -3.36. The molecule has 0 radical (unpaired) electrons. The van der Waals surface area contributed by atoms with E-state index in [1.54, 1.807) is 30.3 Å². The number of carbonyl (C=O) groups excluding carboxylic acids is 1. The van der Waals surface area contributed by atoms with Gasteiger partial charge in [0, 0.05) is 15.4 Å². The molecule has 2 aromatic carbocycles. The number of benzene rings is 2. The van der Waals surface area contributed by atoms with E-state index in [0.29, 0.717) is 12.3 Å². The zero-order valence-corrected chi connectivity index (χ0v) is 16.3. The summed E-state index contributed by atoms with van der Waals surface area (Å²) in [5.41, 5.74) is 1.79. The van der Waals surface area contributed by atoms with Gasteiger partial charge in [0.2, 0.25) is 0 Å². The van der Waals surface area contributed by atoms with Gasteiger partial charge in [0.15, 0.2) is 0 Å². The van der Waals surface area contributed by atoms with Gasteiger partial charge in [-0.3, -0.25) is 4.79 Å². The minimum atomic E-state index is -0.431. The zero-order chi connectivity index (χ0) is 19.8. The fourth-order valence-electron chi connectivity index (χ4n) is 2.53. The average Bonchev–Trinajstić information content (AvgIpc) is 3.21. The maximum absolute atomic E-state index is 12.5. The van der Waals surface area contributed by atoms with E-state index in [1.807, 2.05) is 55.5 Å². The second-order valence-electron chi connectivity index (χ2n) is 6.06. The summed E-state index contributed by atoms with van der Waals surface area (Å²) in [5, 5.41) is 12.2. The molecule has 5 heteroatoms. The lowest BCUT2D eigenvalue weighted by Crippen LogP contribution is -2.13. The highest BCUT2D eigenvalue weighted by molar-refractivity contribution is 7.16. The Morgan fingerprint density at radius 1 is 1.11 bits per heavy atom. The molecule has 0 atom stereocenters. The van der Waals surface area contributed by atoms with Gasteiger partial charge in [0.25, 0.3) is 5.91 Å². The smallest absolute Gasteiger partial charge is 0.266 e. The van der Waals surface area contributed by atoms with Crippen molar-refractivity contribution in [1.29, 1.82) is 5.26 Å². The van der Waals surface area contributed by atoms with E-state index in [4.69, 9.17) is 4.74 Å². The normalized spacial score (nSPS) is 10.9. The van der Waals surface area contributed by atoms with Gasteiger partial charge in [0.1, 0.15) is 17.4 Å². The monoisotopic (exact) mass is 388 g/mol. The highest BCUT2D eigenvalue weighted by atomic mass is 32.1. The Balaban J connectivity index is 1.70. The molecule has 1 aromatic heterocycles. The number of carbonyl (C=O) groups is 1. The maximum atomic E-state index is 12.5. The van der Waals surface area contributed by atoms with Crippen LogP contribution in [0.4, 0.5) is 5.69 Å². The summed E-state index contributed by atoms with van der Waals surface area (Å²) in [4.78, 5) is 14.4. The summed E-state index contributed by atoms with van der Waals surface area (Å²) >= 11 is 1.54. The number of thiophene rings is 1. The highest BCUT2D eigenvalue weighted by Crippen LogP contribution is 2.29. The van der Waals surface area contributed by atoms with Crippen molar-refractivity contribution in [2.75, 3.05) is 11.9 Å². The molecule has 0 bridgehead atoms. The van der Waals surface area contributed by atoms with Crippen molar-refractivity contribution in [1.82, 2.24) is 0 Å². The van der Waals surface area contributed by atoms with Crippen molar-refractivity contribution in [2.45, 2.75) is 13.3 Å². The molecule has 0 aliphatic heterocycles. The van der Waals surface area contributed by atoms with Crippen LogP contribution in [0.2, 0.25) is 0 Å². The molecular formula is C23H20N2O2S. The summed E-state index contributed by atoms with van der Waals surface area (Å²) in [7, 11) is 0. The van der Waals surface area contributed by atoms with Gasteiger partial charge < -0.3 is 10.1 Å². The molecule has 3 aromatic rings. The molecule has 0 saturated carbocycles. The van der Waals surface area contributed by atoms with Crippen LogP contribution in [0.25, 0.3) is 16.5 Å². The molecule has 3 rings (SSSR count). The van der Waals surface area contributed by atoms with Crippen molar-refractivity contribution in [2.24, 2.45) is 0 Å². The predicted octanol–water partition coefficient (Wildman–Crippen LogP) is 5.75. The molecule has 28 heavy (non-hydrogen) atoms. The second kappa shape index (κ2) is 9.54. The van der Waals surface area contributed by atoms with Crippen LogP contribution in [-0.4, -0.2) is 12.5 Å². The van der Waals surface area contributed by atoms with E-state index in [0.717, 1.165) is 27.5 Å². The molecule has 4 nitrogen and oxygen atoms in total. The number of anilines is 1. The van der Waals surface area contributed by atoms with Gasteiger partial charge >= 0.3 is 0 Å². The molecule has 0 fully saturated rings. The van der Waals surface area contributed by atoms with E-state index in [9.17, 15) is 10.1 Å². The third-order valence-corrected chi connectivity index (χ3v) is 5.00. The molecule has 0 aliphatic carbocycles. The first-order valence-electron chi connectivity index (χ1n) is 9.01. The van der Waals surface area contributed by atoms with Crippen molar-refractivity contribution in [3.63, 3.8) is 0 Å². The first-order valence-corrected chi connectivity index (χ1v) is 9.82. The van der Waals surface area contributed by atoms with Crippen LogP contribution in [0.3, 0.4) is 0 Å². The summed E-state index contributed by atoms with van der Waals surface area (Å²) < 4.78 is 5.53. The number of nitrogens with zero attached hydrogens (tertiary/aromatic N) is 1. The molecular weight excluding hydrogens is 368 g/mol. The SMILES string of the molecule is CCCOc1ccc(NC(=O)/C(C#N)=C/c2ccc(-c3ccccc3)s2)cc1. The summed E-state index contributed by atoms with van der Waals surface area (Å²) in [6.07, 6.45) is 2.55. The van der Waals surface area contributed by atoms with Crippen molar-refractivity contribution < 1.29 is 9.53 Å². The highest BCUT2D eigenvalue weighted by Gasteiger charge is 2.11. The number of rotatable bonds is 7. The van der Waals surface area contributed by atoms with Crippen LogP contribution < -0.4 is 10.1 Å². The first-order chi connectivity index (χ1) is 13.7. The van der Waals surface area contributed by atoms with Crippen LogP contribution in [0, 0.1) is 11.3 Å². The lowest BCUT2D eigenvalue weighted by Gasteiger charge is -2.07. The predicted molar refractivity (Wildman–Crippen MR) is 114 cm³/mol. The Labute approximate surface area is 168 Å². The first kappa shape index (κ1) is 19.4. The Kier molecular flexibility index (Phi) is 6.61. The zero-order valence-electron chi connectivity index (χ0n) is 15.5. The molecule has 1 N–H and O–H groups in total. The van der Waals surface area contributed by atoms with Crippen molar-refractivity contribution >= 4 is 29.0 Å². The largest absolute Gasteiger partial charge is 0.494 e. The van der Waals surface area contributed by atoms with E-state index in [2.05, 4.69) is 5.32 Å². The number of hydrogen-bond donors (Lipinski definition) is 1. The van der Waals surface area contributed by atoms with Crippen LogP contribution in [0.15, 0.2) is 72.3 Å². The van der Waals surface area contributed by atoms with Crippen LogP contribution in [0.1, 0.15) is 18.2 Å². The lowest BCUT2D eigenvalue weighted by molar-refractivity contribution is -0.112. The van der Waals surface area contributed by atoms with Gasteiger partial charge in [-0.15, -0.1) is 11.3 Å². The maximum Gasteiger partial charge on any atom is 0.266 e. The number of nitrogens with one attached hydrogen (secondary N) is 1. The number of amides is 1. The van der Waals surface area contributed by atoms with Crippen molar-refractivity contribution in [3.8, 4) is 22.3 Å². The van der Waals surface area contributed by atoms with E-state index in [-0.39, 0.29) is 5.57 Å². The average molecular weight is 388 g/mol. The van der Waals surface area contributed by atoms with Crippen LogP contribution in [-0.2, 0) is 4.79 Å². The third kappa shape index (κ3) is 5.09. The second-order valence-corrected chi connectivity index (χ2v) is 7.18.